The zero-order valence-electron chi connectivity index (χ0n) is 12.7. The predicted molar refractivity (Wildman–Crippen MR) is 87.0 cm³/mol. The highest BCUT2D eigenvalue weighted by molar-refractivity contribution is 5.89. The Labute approximate surface area is 134 Å². The number of rotatable bonds is 2. The molecule has 1 aliphatic carbocycles. The van der Waals surface area contributed by atoms with Crippen LogP contribution in [0, 0.1) is 11.3 Å². The molecule has 23 heavy (non-hydrogen) atoms. The Kier molecular flexibility index (Phi) is 3.52. The van der Waals surface area contributed by atoms with E-state index in [0.717, 1.165) is 60.9 Å². The third-order valence-corrected chi connectivity index (χ3v) is 4.29. The Hall–Kier alpha value is -2.71. The summed E-state index contributed by atoms with van der Waals surface area (Å²) in [6, 6.07) is 9.92. The molecule has 1 aliphatic heterocycles. The first-order chi connectivity index (χ1) is 11.4. The summed E-state index contributed by atoms with van der Waals surface area (Å²) in [4.78, 5) is 11.3. The van der Waals surface area contributed by atoms with Crippen molar-refractivity contribution in [3.8, 4) is 6.07 Å². The van der Waals surface area contributed by atoms with Gasteiger partial charge in [0.15, 0.2) is 0 Å². The summed E-state index contributed by atoms with van der Waals surface area (Å²) in [6.07, 6.45) is 4.63. The van der Waals surface area contributed by atoms with Crippen molar-refractivity contribution < 1.29 is 4.74 Å². The van der Waals surface area contributed by atoms with E-state index >= 15 is 0 Å². The Morgan fingerprint density at radius 1 is 1.17 bits per heavy atom. The molecule has 0 N–H and O–H groups in total. The van der Waals surface area contributed by atoms with Crippen molar-refractivity contribution >= 4 is 11.4 Å². The Bertz CT molecular complexity index is 816. The van der Waals surface area contributed by atoms with Gasteiger partial charge in [-0.3, -0.25) is 0 Å². The van der Waals surface area contributed by atoms with E-state index in [1.165, 1.54) is 0 Å². The SMILES string of the molecule is N#Cc1cccc(C2=CCc3ncnc(N4CCOCC4)c32)c1. The molecule has 4 rings (SSSR count). The van der Waals surface area contributed by atoms with Crippen molar-refractivity contribution in [3.63, 3.8) is 0 Å². The fraction of sp³-hybridized carbons (Fsp3) is 0.278. The molecule has 2 heterocycles. The van der Waals surface area contributed by atoms with Crippen LogP contribution >= 0.6 is 0 Å². The van der Waals surface area contributed by atoms with Gasteiger partial charge in [0.25, 0.3) is 0 Å². The first-order valence-electron chi connectivity index (χ1n) is 7.74. The molecule has 0 atom stereocenters. The molecular weight excluding hydrogens is 288 g/mol. The number of nitriles is 1. The van der Waals surface area contributed by atoms with Crippen LogP contribution in [0.15, 0.2) is 36.7 Å². The number of morpholine rings is 1. The normalized spacial score (nSPS) is 16.7. The first-order valence-corrected chi connectivity index (χ1v) is 7.74. The maximum absolute atomic E-state index is 9.14. The third-order valence-electron chi connectivity index (χ3n) is 4.29. The van der Waals surface area contributed by atoms with Crippen LogP contribution in [0.1, 0.15) is 22.4 Å². The van der Waals surface area contributed by atoms with E-state index in [1.807, 2.05) is 24.3 Å². The van der Waals surface area contributed by atoms with Crippen molar-refractivity contribution in [3.05, 3.63) is 59.1 Å². The van der Waals surface area contributed by atoms with Crippen molar-refractivity contribution in [1.29, 1.82) is 5.26 Å². The van der Waals surface area contributed by atoms with Gasteiger partial charge in [-0.25, -0.2) is 9.97 Å². The minimum Gasteiger partial charge on any atom is -0.378 e. The predicted octanol–water partition coefficient (Wildman–Crippen LogP) is 2.17. The number of nitrogens with zero attached hydrogens (tertiary/aromatic N) is 4. The van der Waals surface area contributed by atoms with Crippen LogP contribution in [0.4, 0.5) is 5.82 Å². The highest BCUT2D eigenvalue weighted by Gasteiger charge is 2.25. The van der Waals surface area contributed by atoms with Gasteiger partial charge in [0.2, 0.25) is 0 Å². The summed E-state index contributed by atoms with van der Waals surface area (Å²) in [5.74, 6) is 0.976. The fourth-order valence-electron chi connectivity index (χ4n) is 3.18. The summed E-state index contributed by atoms with van der Waals surface area (Å²) in [5, 5.41) is 9.14. The van der Waals surface area contributed by atoms with Gasteiger partial charge < -0.3 is 9.64 Å². The average molecular weight is 304 g/mol. The Balaban J connectivity index is 1.79. The number of anilines is 1. The quantitative estimate of drug-likeness (QED) is 0.851. The zero-order chi connectivity index (χ0) is 15.6. The van der Waals surface area contributed by atoms with Crippen molar-refractivity contribution in [2.75, 3.05) is 31.2 Å². The number of allylic oxidation sites excluding steroid dienone is 1. The number of ether oxygens (including phenoxy) is 1. The Morgan fingerprint density at radius 3 is 2.87 bits per heavy atom. The van der Waals surface area contributed by atoms with Gasteiger partial charge in [0, 0.05) is 25.1 Å². The summed E-state index contributed by atoms with van der Waals surface area (Å²) in [6.45, 7) is 3.13. The van der Waals surface area contributed by atoms with E-state index in [-0.39, 0.29) is 0 Å². The van der Waals surface area contributed by atoms with Crippen molar-refractivity contribution in [2.24, 2.45) is 0 Å². The van der Waals surface area contributed by atoms with Crippen LogP contribution in [0.5, 0.6) is 0 Å². The van der Waals surface area contributed by atoms with Gasteiger partial charge in [-0.15, -0.1) is 0 Å². The number of hydrogen-bond donors (Lipinski definition) is 0. The second-order valence-electron chi connectivity index (χ2n) is 5.63. The molecule has 1 aromatic carbocycles. The topological polar surface area (TPSA) is 62.0 Å². The standard InChI is InChI=1S/C18H16N4O/c19-11-13-2-1-3-14(10-13)15-4-5-16-17(15)18(21-12-20-16)22-6-8-23-9-7-22/h1-4,10,12H,5-9H2. The third kappa shape index (κ3) is 2.47. The maximum atomic E-state index is 9.14. The van der Waals surface area contributed by atoms with Crippen LogP contribution in [-0.2, 0) is 11.2 Å². The molecule has 1 aromatic heterocycles. The minimum absolute atomic E-state index is 0.668. The lowest BCUT2D eigenvalue weighted by Gasteiger charge is -2.29. The second kappa shape index (κ2) is 5.82. The van der Waals surface area contributed by atoms with E-state index in [9.17, 15) is 0 Å². The van der Waals surface area contributed by atoms with Crippen LogP contribution < -0.4 is 4.90 Å². The summed E-state index contributed by atoms with van der Waals surface area (Å²) < 4.78 is 5.45. The fourth-order valence-corrected chi connectivity index (χ4v) is 3.18. The van der Waals surface area contributed by atoms with E-state index in [1.54, 1.807) is 6.33 Å². The molecule has 114 valence electrons. The maximum Gasteiger partial charge on any atom is 0.140 e. The van der Waals surface area contributed by atoms with Gasteiger partial charge in [-0.2, -0.15) is 5.26 Å². The highest BCUT2D eigenvalue weighted by Crippen LogP contribution is 2.37. The second-order valence-corrected chi connectivity index (χ2v) is 5.63. The minimum atomic E-state index is 0.668. The van der Waals surface area contributed by atoms with Gasteiger partial charge in [-0.05, 0) is 23.3 Å². The number of fused-ring (bicyclic) bond motifs is 1. The average Bonchev–Trinajstić information content (AvgIpc) is 3.07. The first kappa shape index (κ1) is 13.9. The summed E-state index contributed by atoms with van der Waals surface area (Å²) >= 11 is 0. The molecule has 2 aliphatic rings. The van der Waals surface area contributed by atoms with E-state index in [2.05, 4.69) is 27.0 Å². The molecule has 1 fully saturated rings. The molecule has 5 nitrogen and oxygen atoms in total. The number of aromatic nitrogens is 2. The zero-order valence-corrected chi connectivity index (χ0v) is 12.7. The largest absolute Gasteiger partial charge is 0.378 e. The lowest BCUT2D eigenvalue weighted by Crippen LogP contribution is -2.37. The van der Waals surface area contributed by atoms with Crippen molar-refractivity contribution in [1.82, 2.24) is 9.97 Å². The van der Waals surface area contributed by atoms with E-state index in [4.69, 9.17) is 10.00 Å². The lowest BCUT2D eigenvalue weighted by molar-refractivity contribution is 0.122. The molecule has 0 spiro atoms. The molecule has 1 saturated heterocycles. The van der Waals surface area contributed by atoms with Crippen LogP contribution in [0.25, 0.3) is 5.57 Å². The Morgan fingerprint density at radius 2 is 2.04 bits per heavy atom. The molecule has 0 unspecified atom stereocenters. The van der Waals surface area contributed by atoms with E-state index in [0.29, 0.717) is 5.56 Å². The van der Waals surface area contributed by atoms with Gasteiger partial charge in [0.05, 0.1) is 30.5 Å². The number of benzene rings is 1. The summed E-state index contributed by atoms with van der Waals surface area (Å²) in [5.41, 5.74) is 5.00. The highest BCUT2D eigenvalue weighted by atomic mass is 16.5. The van der Waals surface area contributed by atoms with Gasteiger partial charge >= 0.3 is 0 Å². The van der Waals surface area contributed by atoms with Gasteiger partial charge in [0.1, 0.15) is 12.1 Å². The number of hydrogen-bond acceptors (Lipinski definition) is 5. The lowest BCUT2D eigenvalue weighted by atomic mass is 9.99. The smallest absolute Gasteiger partial charge is 0.140 e. The molecule has 0 radical (unpaired) electrons. The van der Waals surface area contributed by atoms with E-state index < -0.39 is 0 Å². The molecular formula is C18H16N4O. The van der Waals surface area contributed by atoms with Crippen LogP contribution in [0.3, 0.4) is 0 Å². The van der Waals surface area contributed by atoms with Crippen LogP contribution in [-0.4, -0.2) is 36.3 Å². The molecule has 0 saturated carbocycles. The molecule has 2 aromatic rings. The monoisotopic (exact) mass is 304 g/mol. The molecule has 0 amide bonds. The van der Waals surface area contributed by atoms with Crippen LogP contribution in [0.2, 0.25) is 0 Å². The molecule has 0 bridgehead atoms. The molecule has 5 heteroatoms. The summed E-state index contributed by atoms with van der Waals surface area (Å²) in [7, 11) is 0. The van der Waals surface area contributed by atoms with Gasteiger partial charge in [-0.1, -0.05) is 18.2 Å². The van der Waals surface area contributed by atoms with Crippen molar-refractivity contribution in [2.45, 2.75) is 6.42 Å².